The maximum absolute atomic E-state index is 12.7. The van der Waals surface area contributed by atoms with Gasteiger partial charge >= 0.3 is 0 Å². The van der Waals surface area contributed by atoms with E-state index < -0.39 is 0 Å². The summed E-state index contributed by atoms with van der Waals surface area (Å²) in [5.41, 5.74) is 2.52. The Kier molecular flexibility index (Phi) is 3.70. The molecule has 1 aliphatic rings. The molecule has 0 fully saturated rings. The predicted octanol–water partition coefficient (Wildman–Crippen LogP) is 3.27. The van der Waals surface area contributed by atoms with Gasteiger partial charge in [0.25, 0.3) is 5.91 Å². The number of carbonyl (C=O) groups excluding carboxylic acids is 1. The van der Waals surface area contributed by atoms with Crippen LogP contribution < -0.4 is 14.8 Å². The number of amides is 1. The monoisotopic (exact) mass is 318 g/mol. The molecule has 1 aromatic heterocycles. The summed E-state index contributed by atoms with van der Waals surface area (Å²) in [7, 11) is 4.95. The summed E-state index contributed by atoms with van der Waals surface area (Å²) in [6, 6.07) is 5.59. The molecular formula is C16H18N2O3S. The Bertz CT molecular complexity index is 726. The van der Waals surface area contributed by atoms with Crippen LogP contribution in [0.4, 0.5) is 5.69 Å². The molecule has 0 aliphatic carbocycles. The van der Waals surface area contributed by atoms with Gasteiger partial charge in [-0.25, -0.2) is 0 Å². The lowest BCUT2D eigenvalue weighted by Crippen LogP contribution is -2.40. The number of fused-ring (bicyclic) bond motifs is 1. The van der Waals surface area contributed by atoms with Crippen molar-refractivity contribution in [2.45, 2.75) is 13.1 Å². The van der Waals surface area contributed by atoms with Crippen LogP contribution in [0, 0.1) is 6.92 Å². The lowest BCUT2D eigenvalue weighted by atomic mass is 10.1. The quantitative estimate of drug-likeness (QED) is 0.943. The van der Waals surface area contributed by atoms with Crippen molar-refractivity contribution in [3.8, 4) is 11.5 Å². The summed E-state index contributed by atoms with van der Waals surface area (Å²) in [6.07, 6.45) is -0.168. The number of thiophene rings is 1. The fourth-order valence-electron chi connectivity index (χ4n) is 2.63. The van der Waals surface area contributed by atoms with Gasteiger partial charge in [-0.2, -0.15) is 0 Å². The topological polar surface area (TPSA) is 50.8 Å². The molecular weight excluding hydrogens is 300 g/mol. The first kappa shape index (κ1) is 14.7. The van der Waals surface area contributed by atoms with Crippen LogP contribution in [-0.4, -0.2) is 32.1 Å². The molecule has 2 heterocycles. The summed E-state index contributed by atoms with van der Waals surface area (Å²) in [5.74, 6) is 1.12. The summed E-state index contributed by atoms with van der Waals surface area (Å²) in [4.78, 5) is 15.5. The van der Waals surface area contributed by atoms with Crippen molar-refractivity contribution in [2.75, 3.05) is 26.6 Å². The van der Waals surface area contributed by atoms with E-state index in [2.05, 4.69) is 18.3 Å². The van der Waals surface area contributed by atoms with Gasteiger partial charge in [0.15, 0.2) is 11.5 Å². The number of hydrogen-bond acceptors (Lipinski definition) is 5. The largest absolute Gasteiger partial charge is 0.493 e. The van der Waals surface area contributed by atoms with E-state index in [0.29, 0.717) is 17.1 Å². The van der Waals surface area contributed by atoms with Crippen LogP contribution in [-0.2, 0) is 0 Å². The van der Waals surface area contributed by atoms with E-state index in [1.54, 1.807) is 43.6 Å². The predicted molar refractivity (Wildman–Crippen MR) is 87.1 cm³/mol. The molecule has 0 saturated carbocycles. The molecule has 3 rings (SSSR count). The minimum Gasteiger partial charge on any atom is -0.493 e. The third-order valence-electron chi connectivity index (χ3n) is 3.90. The summed E-state index contributed by atoms with van der Waals surface area (Å²) in [5, 5.41) is 5.46. The molecule has 1 aliphatic heterocycles. The highest BCUT2D eigenvalue weighted by Gasteiger charge is 2.33. The average Bonchev–Trinajstić information content (AvgIpc) is 2.95. The van der Waals surface area contributed by atoms with Gasteiger partial charge in [0.05, 0.1) is 30.3 Å². The Hall–Kier alpha value is -2.21. The highest BCUT2D eigenvalue weighted by atomic mass is 32.1. The van der Waals surface area contributed by atoms with E-state index in [4.69, 9.17) is 9.47 Å². The fourth-order valence-corrected chi connectivity index (χ4v) is 3.65. The maximum Gasteiger partial charge on any atom is 0.257 e. The molecule has 1 aromatic carbocycles. The van der Waals surface area contributed by atoms with Crippen molar-refractivity contribution in [1.29, 1.82) is 0 Å². The van der Waals surface area contributed by atoms with Gasteiger partial charge in [-0.15, -0.1) is 11.3 Å². The summed E-state index contributed by atoms with van der Waals surface area (Å²) in [6.45, 7) is 2.05. The number of anilines is 1. The van der Waals surface area contributed by atoms with Gasteiger partial charge in [-0.05, 0) is 30.0 Å². The van der Waals surface area contributed by atoms with Crippen LogP contribution in [0.2, 0.25) is 0 Å². The Labute approximate surface area is 133 Å². The zero-order valence-corrected chi connectivity index (χ0v) is 13.8. The first-order valence-electron chi connectivity index (χ1n) is 6.90. The number of benzene rings is 1. The lowest BCUT2D eigenvalue weighted by molar-refractivity contribution is 0.0737. The van der Waals surface area contributed by atoms with Crippen LogP contribution in [0.1, 0.15) is 27.0 Å². The number of aryl methyl sites for hydroxylation is 1. The molecule has 0 spiro atoms. The van der Waals surface area contributed by atoms with Crippen molar-refractivity contribution < 1.29 is 14.3 Å². The number of nitrogens with one attached hydrogen (secondary N) is 1. The lowest BCUT2D eigenvalue weighted by Gasteiger charge is -2.35. The zero-order valence-electron chi connectivity index (χ0n) is 13.0. The van der Waals surface area contributed by atoms with Crippen molar-refractivity contribution in [3.05, 3.63) is 39.6 Å². The second kappa shape index (κ2) is 5.53. The Morgan fingerprint density at radius 3 is 2.50 bits per heavy atom. The second-order valence-corrected chi connectivity index (χ2v) is 6.13. The van der Waals surface area contributed by atoms with E-state index in [9.17, 15) is 4.79 Å². The first-order valence-corrected chi connectivity index (χ1v) is 7.78. The molecule has 2 aromatic rings. The van der Waals surface area contributed by atoms with Crippen molar-refractivity contribution in [1.82, 2.24) is 4.90 Å². The first-order chi connectivity index (χ1) is 10.6. The molecule has 0 unspecified atom stereocenters. The van der Waals surface area contributed by atoms with Crippen LogP contribution in [0.5, 0.6) is 11.5 Å². The molecule has 1 amide bonds. The van der Waals surface area contributed by atoms with E-state index in [0.717, 1.165) is 10.6 Å². The van der Waals surface area contributed by atoms with Gasteiger partial charge in [0.1, 0.15) is 6.17 Å². The Balaban J connectivity index is 2.08. The SMILES string of the molecule is COc1cc2c(cc1OC)C(=O)N(C)[C@H](c1sccc1C)N2. The molecule has 22 heavy (non-hydrogen) atoms. The number of rotatable bonds is 3. The van der Waals surface area contributed by atoms with Gasteiger partial charge in [0.2, 0.25) is 0 Å². The van der Waals surface area contributed by atoms with Gasteiger partial charge in [0, 0.05) is 13.1 Å². The average molecular weight is 318 g/mol. The third kappa shape index (κ3) is 2.20. The van der Waals surface area contributed by atoms with E-state index >= 15 is 0 Å². The fraction of sp³-hybridized carbons (Fsp3) is 0.312. The molecule has 6 heteroatoms. The molecule has 0 saturated heterocycles. The second-order valence-electron chi connectivity index (χ2n) is 5.18. The molecule has 1 N–H and O–H groups in total. The van der Waals surface area contributed by atoms with Crippen molar-refractivity contribution >= 4 is 22.9 Å². The number of nitrogens with zero attached hydrogens (tertiary/aromatic N) is 1. The molecule has 5 nitrogen and oxygen atoms in total. The maximum atomic E-state index is 12.7. The normalized spacial score (nSPS) is 17.0. The van der Waals surface area contributed by atoms with Crippen LogP contribution in [0.25, 0.3) is 0 Å². The zero-order chi connectivity index (χ0) is 15.9. The van der Waals surface area contributed by atoms with Gasteiger partial charge in [-0.3, -0.25) is 4.79 Å². The van der Waals surface area contributed by atoms with Gasteiger partial charge in [-0.1, -0.05) is 0 Å². The molecule has 0 radical (unpaired) electrons. The number of carbonyl (C=O) groups is 1. The summed E-state index contributed by atoms with van der Waals surface area (Å²) < 4.78 is 10.6. The van der Waals surface area contributed by atoms with Crippen molar-refractivity contribution in [2.24, 2.45) is 0 Å². The Morgan fingerprint density at radius 2 is 1.91 bits per heavy atom. The summed E-state index contributed by atoms with van der Waals surface area (Å²) >= 11 is 1.64. The van der Waals surface area contributed by atoms with Gasteiger partial charge < -0.3 is 19.7 Å². The van der Waals surface area contributed by atoms with E-state index in [-0.39, 0.29) is 12.1 Å². The standard InChI is InChI=1S/C16H18N2O3S/c1-9-5-6-22-14(9)15-17-11-8-13(21-4)12(20-3)7-10(11)16(19)18(15)2/h5-8,15,17H,1-4H3/t15-/m1/s1. The number of hydrogen-bond donors (Lipinski definition) is 1. The molecule has 0 bridgehead atoms. The van der Waals surface area contributed by atoms with Crippen LogP contribution >= 0.6 is 11.3 Å². The molecule has 116 valence electrons. The smallest absolute Gasteiger partial charge is 0.257 e. The number of methoxy groups -OCH3 is 2. The van der Waals surface area contributed by atoms with E-state index in [1.807, 2.05) is 11.4 Å². The van der Waals surface area contributed by atoms with Crippen LogP contribution in [0.3, 0.4) is 0 Å². The highest BCUT2D eigenvalue weighted by molar-refractivity contribution is 7.10. The minimum atomic E-state index is -0.168. The third-order valence-corrected chi connectivity index (χ3v) is 4.98. The van der Waals surface area contributed by atoms with E-state index in [1.165, 1.54) is 5.56 Å². The number of ether oxygens (including phenoxy) is 2. The van der Waals surface area contributed by atoms with Crippen LogP contribution in [0.15, 0.2) is 23.6 Å². The molecule has 1 atom stereocenters. The Morgan fingerprint density at radius 1 is 1.23 bits per heavy atom. The minimum absolute atomic E-state index is 0.0347. The van der Waals surface area contributed by atoms with Crippen molar-refractivity contribution in [3.63, 3.8) is 0 Å². The highest BCUT2D eigenvalue weighted by Crippen LogP contribution is 2.40.